The lowest BCUT2D eigenvalue weighted by Gasteiger charge is -2.12. The van der Waals surface area contributed by atoms with Crippen molar-refractivity contribution in [3.63, 3.8) is 0 Å². The molecule has 2 N–H and O–H groups in total. The molecule has 0 saturated heterocycles. The number of halogens is 1. The molecule has 4 nitrogen and oxygen atoms in total. The van der Waals surface area contributed by atoms with Crippen molar-refractivity contribution >= 4 is 29.3 Å². The van der Waals surface area contributed by atoms with Crippen LogP contribution in [0, 0.1) is 6.92 Å². The first-order valence-electron chi connectivity index (χ1n) is 5.20. The second-order valence-electron chi connectivity index (χ2n) is 3.27. The van der Waals surface area contributed by atoms with Crippen LogP contribution in [0.3, 0.4) is 0 Å². The molecule has 0 atom stereocenters. The molecule has 1 aromatic heterocycles. The summed E-state index contributed by atoms with van der Waals surface area (Å²) in [6, 6.07) is 1.69. The summed E-state index contributed by atoms with van der Waals surface area (Å²) < 4.78 is 4.99. The number of aryl methyl sites for hydroxylation is 1. The Morgan fingerprint density at radius 1 is 1.65 bits per heavy atom. The lowest BCUT2D eigenvalue weighted by molar-refractivity contribution is 0.0524. The fourth-order valence-electron chi connectivity index (χ4n) is 1.43. The van der Waals surface area contributed by atoms with E-state index in [1.54, 1.807) is 13.0 Å². The van der Waals surface area contributed by atoms with Gasteiger partial charge in [0, 0.05) is 17.8 Å². The average Bonchev–Trinajstić information content (AvgIpc) is 2.29. The SMILES string of the molecule is CCOC(=O)c1cc(C)nc(SCCl)c1CN. The summed E-state index contributed by atoms with van der Waals surface area (Å²) in [5, 5.41) is 1.07. The molecule has 1 heterocycles. The van der Waals surface area contributed by atoms with Crippen LogP contribution < -0.4 is 5.73 Å². The van der Waals surface area contributed by atoms with Gasteiger partial charge in [0.25, 0.3) is 0 Å². The minimum atomic E-state index is -0.366. The van der Waals surface area contributed by atoms with Gasteiger partial charge in [0.1, 0.15) is 5.03 Å². The number of ether oxygens (including phenoxy) is 1. The normalized spacial score (nSPS) is 10.4. The molecule has 0 spiro atoms. The van der Waals surface area contributed by atoms with Gasteiger partial charge >= 0.3 is 5.97 Å². The predicted octanol–water partition coefficient (Wildman–Crippen LogP) is 2.31. The van der Waals surface area contributed by atoms with E-state index in [4.69, 9.17) is 22.1 Å². The number of nitrogens with zero attached hydrogens (tertiary/aromatic N) is 1. The minimum absolute atomic E-state index is 0.237. The van der Waals surface area contributed by atoms with Crippen molar-refractivity contribution in [2.75, 3.05) is 11.8 Å². The lowest BCUT2D eigenvalue weighted by atomic mass is 10.1. The summed E-state index contributed by atoms with van der Waals surface area (Å²) in [7, 11) is 0. The predicted molar refractivity (Wildman–Crippen MR) is 69.4 cm³/mol. The first-order chi connectivity index (χ1) is 8.13. The van der Waals surface area contributed by atoms with E-state index in [-0.39, 0.29) is 12.5 Å². The highest BCUT2D eigenvalue weighted by Crippen LogP contribution is 2.25. The largest absolute Gasteiger partial charge is 0.462 e. The van der Waals surface area contributed by atoms with E-state index in [0.717, 1.165) is 5.69 Å². The number of carbonyl (C=O) groups excluding carboxylic acids is 1. The van der Waals surface area contributed by atoms with Crippen LogP contribution in [0.4, 0.5) is 0 Å². The van der Waals surface area contributed by atoms with Crippen LogP contribution in [-0.4, -0.2) is 22.8 Å². The average molecular weight is 275 g/mol. The number of pyridine rings is 1. The Balaban J connectivity index is 3.22. The molecule has 1 rings (SSSR count). The van der Waals surface area contributed by atoms with E-state index in [0.29, 0.717) is 28.0 Å². The molecule has 0 aliphatic heterocycles. The van der Waals surface area contributed by atoms with Crippen LogP contribution in [0.15, 0.2) is 11.1 Å². The van der Waals surface area contributed by atoms with E-state index in [1.165, 1.54) is 11.8 Å². The number of esters is 1. The number of rotatable bonds is 5. The number of hydrogen-bond donors (Lipinski definition) is 1. The molecular weight excluding hydrogens is 260 g/mol. The van der Waals surface area contributed by atoms with Gasteiger partial charge in [0.15, 0.2) is 0 Å². The Labute approximate surface area is 110 Å². The van der Waals surface area contributed by atoms with E-state index >= 15 is 0 Å². The number of hydrogen-bond acceptors (Lipinski definition) is 5. The highest BCUT2D eigenvalue weighted by molar-refractivity contribution is 8.00. The first-order valence-corrected chi connectivity index (χ1v) is 6.72. The second kappa shape index (κ2) is 6.83. The van der Waals surface area contributed by atoms with Gasteiger partial charge in [-0.05, 0) is 19.9 Å². The molecular formula is C11H15ClN2O2S. The van der Waals surface area contributed by atoms with E-state index in [1.807, 2.05) is 6.92 Å². The third-order valence-electron chi connectivity index (χ3n) is 2.11. The molecule has 6 heteroatoms. The van der Waals surface area contributed by atoms with Crippen LogP contribution >= 0.6 is 23.4 Å². The highest BCUT2D eigenvalue weighted by atomic mass is 35.5. The van der Waals surface area contributed by atoms with Crippen molar-refractivity contribution in [3.8, 4) is 0 Å². The van der Waals surface area contributed by atoms with Gasteiger partial charge in [0.2, 0.25) is 0 Å². The van der Waals surface area contributed by atoms with E-state index in [9.17, 15) is 4.79 Å². The summed E-state index contributed by atoms with van der Waals surface area (Å²) >= 11 is 7.03. The Hall–Kier alpha value is -0.780. The van der Waals surface area contributed by atoms with Crippen LogP contribution in [-0.2, 0) is 11.3 Å². The van der Waals surface area contributed by atoms with Crippen molar-refractivity contribution in [2.45, 2.75) is 25.4 Å². The maximum absolute atomic E-state index is 11.8. The Morgan fingerprint density at radius 2 is 2.35 bits per heavy atom. The van der Waals surface area contributed by atoms with E-state index < -0.39 is 0 Å². The molecule has 0 aliphatic carbocycles. The monoisotopic (exact) mass is 274 g/mol. The maximum Gasteiger partial charge on any atom is 0.338 e. The number of alkyl halides is 1. The topological polar surface area (TPSA) is 65.2 Å². The summed E-state index contributed by atoms with van der Waals surface area (Å²) in [5.41, 5.74) is 7.58. The maximum atomic E-state index is 11.8. The Kier molecular flexibility index (Phi) is 5.74. The molecule has 0 aliphatic rings. The number of aromatic nitrogens is 1. The van der Waals surface area contributed by atoms with Gasteiger partial charge in [-0.15, -0.1) is 11.6 Å². The van der Waals surface area contributed by atoms with Gasteiger partial charge in [-0.3, -0.25) is 0 Å². The van der Waals surface area contributed by atoms with Gasteiger partial charge in [-0.1, -0.05) is 11.8 Å². The van der Waals surface area contributed by atoms with Crippen LogP contribution in [0.1, 0.15) is 28.5 Å². The highest BCUT2D eigenvalue weighted by Gasteiger charge is 2.17. The fourth-order valence-corrected chi connectivity index (χ4v) is 2.42. The van der Waals surface area contributed by atoms with Crippen molar-refractivity contribution < 1.29 is 9.53 Å². The molecule has 0 saturated carbocycles. The zero-order valence-electron chi connectivity index (χ0n) is 9.83. The van der Waals surface area contributed by atoms with Gasteiger partial charge in [-0.2, -0.15) is 0 Å². The zero-order chi connectivity index (χ0) is 12.8. The summed E-state index contributed by atoms with van der Waals surface area (Å²) in [5.74, 6) is -0.366. The first kappa shape index (κ1) is 14.3. The molecule has 0 bridgehead atoms. The Morgan fingerprint density at radius 3 is 2.88 bits per heavy atom. The summed E-state index contributed by atoms with van der Waals surface area (Å²) in [6.07, 6.45) is 0. The van der Waals surface area contributed by atoms with Crippen LogP contribution in [0.5, 0.6) is 0 Å². The fraction of sp³-hybridized carbons (Fsp3) is 0.455. The zero-order valence-corrected chi connectivity index (χ0v) is 11.4. The number of nitrogens with two attached hydrogens (primary N) is 1. The molecule has 17 heavy (non-hydrogen) atoms. The van der Waals surface area contributed by atoms with Crippen molar-refractivity contribution in [3.05, 3.63) is 22.9 Å². The quantitative estimate of drug-likeness (QED) is 0.507. The third-order valence-corrected chi connectivity index (χ3v) is 3.15. The van der Waals surface area contributed by atoms with Crippen molar-refractivity contribution in [1.82, 2.24) is 4.98 Å². The van der Waals surface area contributed by atoms with Crippen LogP contribution in [0.25, 0.3) is 0 Å². The van der Waals surface area contributed by atoms with E-state index in [2.05, 4.69) is 4.98 Å². The van der Waals surface area contributed by atoms with Gasteiger partial charge in [0.05, 0.1) is 17.4 Å². The van der Waals surface area contributed by atoms with Gasteiger partial charge < -0.3 is 10.5 Å². The molecule has 0 amide bonds. The summed E-state index contributed by atoms with van der Waals surface area (Å²) in [6.45, 7) is 4.16. The molecule has 0 fully saturated rings. The van der Waals surface area contributed by atoms with Crippen LogP contribution in [0.2, 0.25) is 0 Å². The minimum Gasteiger partial charge on any atom is -0.462 e. The molecule has 94 valence electrons. The lowest BCUT2D eigenvalue weighted by Crippen LogP contribution is -2.13. The summed E-state index contributed by atoms with van der Waals surface area (Å²) in [4.78, 5) is 16.1. The molecule has 0 aromatic carbocycles. The Bertz CT molecular complexity index is 413. The second-order valence-corrected chi connectivity index (χ2v) is 4.82. The van der Waals surface area contributed by atoms with Crippen molar-refractivity contribution in [1.29, 1.82) is 0 Å². The smallest absolute Gasteiger partial charge is 0.338 e. The molecule has 0 radical (unpaired) electrons. The third kappa shape index (κ3) is 3.59. The molecule has 1 aromatic rings. The standard InChI is InChI=1S/C11H15ClN2O2S/c1-3-16-11(15)8-4-7(2)14-10(17-6-12)9(8)5-13/h4H,3,5-6,13H2,1-2H3. The molecule has 0 unspecified atom stereocenters. The number of carbonyl (C=O) groups is 1. The van der Waals surface area contributed by atoms with Gasteiger partial charge in [-0.25, -0.2) is 9.78 Å². The van der Waals surface area contributed by atoms with Crippen molar-refractivity contribution in [2.24, 2.45) is 5.73 Å². The number of thioether (sulfide) groups is 1.